The molecule has 2 nitrogen and oxygen atoms in total. The van der Waals surface area contributed by atoms with E-state index in [2.05, 4.69) is 6.07 Å². The second kappa shape index (κ2) is 8.93. The van der Waals surface area contributed by atoms with Crippen molar-refractivity contribution in [3.8, 4) is 0 Å². The third-order valence-corrected chi connectivity index (χ3v) is 13.9. The van der Waals surface area contributed by atoms with Crippen LogP contribution in [0.25, 0.3) is 21.7 Å². The summed E-state index contributed by atoms with van der Waals surface area (Å²) >= 11 is 1.62. The van der Waals surface area contributed by atoms with Crippen molar-refractivity contribution >= 4 is 61.8 Å². The summed E-state index contributed by atoms with van der Waals surface area (Å²) < 4.78 is 49.0. The Bertz CT molecular complexity index is 1620. The molecule has 7 heteroatoms. The normalized spacial score (nSPS) is 18.0. The zero-order chi connectivity index (χ0) is 26.4. The van der Waals surface area contributed by atoms with E-state index < -0.39 is 19.0 Å². The van der Waals surface area contributed by atoms with E-state index in [1.165, 1.54) is 0 Å². The van der Waals surface area contributed by atoms with Gasteiger partial charge in [-0.15, -0.1) is 0 Å². The van der Waals surface area contributed by atoms with E-state index >= 15 is 0 Å². The average molecular weight is 547 g/mol. The van der Waals surface area contributed by atoms with Gasteiger partial charge < -0.3 is 0 Å². The van der Waals surface area contributed by atoms with Crippen LogP contribution < -0.4 is 15.9 Å². The van der Waals surface area contributed by atoms with Crippen LogP contribution in [0.3, 0.4) is 0 Å². The molecule has 0 spiro atoms. The van der Waals surface area contributed by atoms with Crippen molar-refractivity contribution in [2.45, 2.75) is 6.18 Å². The molecule has 0 N–H and O–H groups in total. The van der Waals surface area contributed by atoms with Gasteiger partial charge in [0.05, 0.1) is 0 Å². The topological polar surface area (TPSA) is 26.3 Å². The van der Waals surface area contributed by atoms with E-state index in [4.69, 9.17) is 4.52 Å². The number of fused-ring (bicyclic) bond motifs is 2. The Kier molecular flexibility index (Phi) is 5.78. The second-order valence-corrected chi connectivity index (χ2v) is 14.8. The molecule has 0 amide bonds. The molecule has 0 bridgehead atoms. The van der Waals surface area contributed by atoms with Gasteiger partial charge in [0.15, 0.2) is 0 Å². The summed E-state index contributed by atoms with van der Waals surface area (Å²) in [5, 5.41) is 2.88. The number of hydrogen-bond donors (Lipinski definition) is 0. The average Bonchev–Trinajstić information content (AvgIpc) is 3.47. The molecule has 1 aromatic heterocycles. The first-order chi connectivity index (χ1) is 18.3. The number of thiophene rings is 1. The molecule has 4 aromatic carbocycles. The Hall–Kier alpha value is -3.73. The molecule has 1 aliphatic rings. The molecular weight excluding hydrogens is 524 g/mol. The van der Waals surface area contributed by atoms with Crippen molar-refractivity contribution in [2.75, 3.05) is 6.16 Å². The summed E-state index contributed by atoms with van der Waals surface area (Å²) in [6.07, 6.45) is -2.98. The first kappa shape index (κ1) is 24.6. The number of carbonyl (C=O) groups is 1. The van der Waals surface area contributed by atoms with Crippen LogP contribution in [0.4, 0.5) is 13.2 Å². The standard InChI is InChI=1S/C31H22F3O2PS/c32-31(33,34)30(35)36-37(24-12-3-1-4-13-24,25-14-5-2-6-15-25)21-23(27-16-8-9-17-28(27)37)20-26-19-22-11-7-10-18-29(22)38-26/h1-20H,21H2/b23-20+. The molecule has 2 heterocycles. The van der Waals surface area contributed by atoms with Gasteiger partial charge in [0.25, 0.3) is 0 Å². The molecule has 5 aromatic rings. The van der Waals surface area contributed by atoms with Crippen LogP contribution in [0.1, 0.15) is 10.4 Å². The van der Waals surface area contributed by atoms with Crippen molar-refractivity contribution in [3.05, 3.63) is 126 Å². The van der Waals surface area contributed by atoms with Crippen LogP contribution in [0.5, 0.6) is 0 Å². The van der Waals surface area contributed by atoms with Gasteiger partial charge in [-0.2, -0.15) is 0 Å². The van der Waals surface area contributed by atoms with E-state index in [0.29, 0.717) is 15.9 Å². The molecule has 38 heavy (non-hydrogen) atoms. The number of halogens is 3. The van der Waals surface area contributed by atoms with Gasteiger partial charge in [-0.25, -0.2) is 0 Å². The van der Waals surface area contributed by atoms with Gasteiger partial charge in [-0.3, -0.25) is 0 Å². The van der Waals surface area contributed by atoms with Crippen LogP contribution in [-0.4, -0.2) is 18.3 Å². The van der Waals surface area contributed by atoms with Crippen molar-refractivity contribution in [2.24, 2.45) is 0 Å². The Morgan fingerprint density at radius 3 is 2.00 bits per heavy atom. The van der Waals surface area contributed by atoms with E-state index in [9.17, 15) is 18.0 Å². The van der Waals surface area contributed by atoms with Gasteiger partial charge in [-0.05, 0) is 0 Å². The number of alkyl halides is 3. The van der Waals surface area contributed by atoms with Crippen molar-refractivity contribution in [1.82, 2.24) is 0 Å². The first-order valence-corrected chi connectivity index (χ1v) is 15.2. The molecule has 6 rings (SSSR count). The fourth-order valence-electron chi connectivity index (χ4n) is 5.54. The molecule has 0 fully saturated rings. The zero-order valence-electron chi connectivity index (χ0n) is 20.1. The fraction of sp³-hybridized carbons (Fsp3) is 0.0645. The van der Waals surface area contributed by atoms with E-state index in [1.807, 2.05) is 60.7 Å². The van der Waals surface area contributed by atoms with Gasteiger partial charge in [0.1, 0.15) is 0 Å². The second-order valence-electron chi connectivity index (χ2n) is 9.29. The third kappa shape index (κ3) is 3.71. The minimum atomic E-state index is -5.15. The first-order valence-electron chi connectivity index (χ1n) is 12.0. The zero-order valence-corrected chi connectivity index (χ0v) is 21.8. The molecule has 0 atom stereocenters. The maximum atomic E-state index is 13.9. The Labute approximate surface area is 222 Å². The number of allylic oxidation sites excluding steroid dienone is 1. The van der Waals surface area contributed by atoms with Gasteiger partial charge in [-0.1, -0.05) is 0 Å². The van der Waals surface area contributed by atoms with Crippen LogP contribution in [0, 0.1) is 0 Å². The molecule has 190 valence electrons. The summed E-state index contributed by atoms with van der Waals surface area (Å²) in [5.41, 5.74) is 1.64. The predicted molar refractivity (Wildman–Crippen MR) is 152 cm³/mol. The van der Waals surface area contributed by atoms with E-state index in [0.717, 1.165) is 26.1 Å². The summed E-state index contributed by atoms with van der Waals surface area (Å²) in [5.74, 6) is -2.18. The van der Waals surface area contributed by atoms with Crippen LogP contribution in [-0.2, 0) is 9.32 Å². The monoisotopic (exact) mass is 546 g/mol. The van der Waals surface area contributed by atoms with Gasteiger partial charge >= 0.3 is 222 Å². The van der Waals surface area contributed by atoms with Gasteiger partial charge in [0.2, 0.25) is 0 Å². The van der Waals surface area contributed by atoms with Crippen molar-refractivity contribution in [1.29, 1.82) is 0 Å². The molecule has 1 aliphatic heterocycles. The number of carbonyl (C=O) groups excluding carboxylic acids is 1. The quantitative estimate of drug-likeness (QED) is 0.221. The van der Waals surface area contributed by atoms with Gasteiger partial charge in [0, 0.05) is 0 Å². The Morgan fingerprint density at radius 2 is 1.37 bits per heavy atom. The van der Waals surface area contributed by atoms with Crippen LogP contribution in [0.15, 0.2) is 115 Å². The molecule has 0 radical (unpaired) electrons. The molecule has 0 saturated heterocycles. The van der Waals surface area contributed by atoms with E-state index in [1.54, 1.807) is 65.9 Å². The molecule has 0 aliphatic carbocycles. The number of benzene rings is 4. The van der Waals surface area contributed by atoms with Crippen molar-refractivity contribution in [3.63, 3.8) is 0 Å². The SMILES string of the molecule is O=C(OP1(c2ccccc2)(c2ccccc2)C/C(=C\c2cc3ccccc3s2)c2ccccc21)C(F)(F)F. The Morgan fingerprint density at radius 1 is 0.789 bits per heavy atom. The summed E-state index contributed by atoms with van der Waals surface area (Å²) in [7, 11) is 0. The molecule has 0 unspecified atom stereocenters. The molecule has 0 saturated carbocycles. The summed E-state index contributed by atoms with van der Waals surface area (Å²) in [6, 6.07) is 35.4. The molecular formula is C31H22F3O2PS. The minimum absolute atomic E-state index is 0.134. The number of hydrogen-bond acceptors (Lipinski definition) is 3. The fourth-order valence-corrected chi connectivity index (χ4v) is 12.5. The van der Waals surface area contributed by atoms with Crippen molar-refractivity contribution < 1.29 is 22.5 Å². The number of rotatable bonds is 4. The van der Waals surface area contributed by atoms with Crippen LogP contribution >= 0.6 is 18.2 Å². The Balaban J connectivity index is 1.70. The third-order valence-electron chi connectivity index (χ3n) is 7.11. The summed E-state index contributed by atoms with van der Waals surface area (Å²) in [4.78, 5) is 13.8. The summed E-state index contributed by atoms with van der Waals surface area (Å²) in [6.45, 7) is -4.45. The maximum absolute atomic E-state index is 13.9. The van der Waals surface area contributed by atoms with E-state index in [-0.39, 0.29) is 6.16 Å². The predicted octanol–water partition coefficient (Wildman–Crippen LogP) is 7.31. The van der Waals surface area contributed by atoms with Crippen LogP contribution in [0.2, 0.25) is 0 Å².